The zero-order valence-electron chi connectivity index (χ0n) is 11.5. The van der Waals surface area contributed by atoms with E-state index in [4.69, 9.17) is 4.74 Å². The van der Waals surface area contributed by atoms with Crippen LogP contribution in [0.2, 0.25) is 0 Å². The number of carbonyl (C=O) groups is 1. The van der Waals surface area contributed by atoms with Gasteiger partial charge < -0.3 is 10.1 Å². The van der Waals surface area contributed by atoms with Crippen LogP contribution in [-0.4, -0.2) is 22.2 Å². The van der Waals surface area contributed by atoms with E-state index in [1.165, 1.54) is 0 Å². The quantitative estimate of drug-likeness (QED) is 0.899. The summed E-state index contributed by atoms with van der Waals surface area (Å²) >= 11 is 0. The molecule has 0 radical (unpaired) electrons. The molecule has 2 aromatic rings. The summed E-state index contributed by atoms with van der Waals surface area (Å²) in [6, 6.07) is 7.55. The number of para-hydroxylation sites is 1. The van der Waals surface area contributed by atoms with Gasteiger partial charge in [0.1, 0.15) is 11.9 Å². The van der Waals surface area contributed by atoms with Crippen molar-refractivity contribution in [2.24, 2.45) is 0 Å². The largest absolute Gasteiger partial charge is 0.489 e. The summed E-state index contributed by atoms with van der Waals surface area (Å²) in [7, 11) is 0. The molecule has 1 aromatic carbocycles. The van der Waals surface area contributed by atoms with E-state index in [0.717, 1.165) is 17.0 Å². The number of fused-ring (bicyclic) bond motifs is 1. The van der Waals surface area contributed by atoms with Crippen LogP contribution in [0.1, 0.15) is 41.4 Å². The first-order chi connectivity index (χ1) is 9.66. The molecule has 104 valence electrons. The van der Waals surface area contributed by atoms with Gasteiger partial charge in [0, 0.05) is 17.7 Å². The molecule has 1 amide bonds. The zero-order valence-corrected chi connectivity index (χ0v) is 11.5. The van der Waals surface area contributed by atoms with Gasteiger partial charge in [-0.3, -0.25) is 9.89 Å². The van der Waals surface area contributed by atoms with E-state index in [0.29, 0.717) is 18.0 Å². The lowest BCUT2D eigenvalue weighted by Crippen LogP contribution is -2.23. The number of rotatable bonds is 3. The smallest absolute Gasteiger partial charge is 0.255 e. The van der Waals surface area contributed by atoms with Crippen LogP contribution in [0.3, 0.4) is 0 Å². The van der Waals surface area contributed by atoms with Crippen LogP contribution in [-0.2, 0) is 6.54 Å². The average Bonchev–Trinajstić information content (AvgIpc) is 3.06. The Balaban J connectivity index is 1.79. The molecule has 0 fully saturated rings. The Bertz CT molecular complexity index is 622. The number of hydrogen-bond donors (Lipinski definition) is 2. The summed E-state index contributed by atoms with van der Waals surface area (Å²) in [6.07, 6.45) is 1.76. The van der Waals surface area contributed by atoms with Crippen LogP contribution in [0.4, 0.5) is 0 Å². The SMILES string of the molecule is CC1Oc2c(C(=O)NCc3ccn[nH]3)cccc2C1C. The molecule has 20 heavy (non-hydrogen) atoms. The number of aromatic nitrogens is 2. The summed E-state index contributed by atoms with van der Waals surface area (Å²) in [5, 5.41) is 9.53. The van der Waals surface area contributed by atoms with Crippen molar-refractivity contribution in [2.45, 2.75) is 32.4 Å². The predicted molar refractivity (Wildman–Crippen MR) is 74.7 cm³/mol. The molecule has 1 aliphatic rings. The van der Waals surface area contributed by atoms with Crippen molar-refractivity contribution in [1.82, 2.24) is 15.5 Å². The fourth-order valence-corrected chi connectivity index (χ4v) is 2.42. The topological polar surface area (TPSA) is 67.0 Å². The molecule has 1 aliphatic heterocycles. The Hall–Kier alpha value is -2.30. The molecular weight excluding hydrogens is 254 g/mol. The number of ether oxygens (including phenoxy) is 1. The summed E-state index contributed by atoms with van der Waals surface area (Å²) in [4.78, 5) is 12.3. The van der Waals surface area contributed by atoms with Crippen molar-refractivity contribution in [1.29, 1.82) is 0 Å². The maximum absolute atomic E-state index is 12.3. The van der Waals surface area contributed by atoms with Gasteiger partial charge in [-0.15, -0.1) is 0 Å². The summed E-state index contributed by atoms with van der Waals surface area (Å²) < 4.78 is 5.83. The van der Waals surface area contributed by atoms with Crippen molar-refractivity contribution in [3.8, 4) is 5.75 Å². The molecule has 2 unspecified atom stereocenters. The Morgan fingerprint density at radius 2 is 2.25 bits per heavy atom. The van der Waals surface area contributed by atoms with E-state index in [-0.39, 0.29) is 12.0 Å². The van der Waals surface area contributed by atoms with Gasteiger partial charge in [-0.05, 0) is 19.1 Å². The Morgan fingerprint density at radius 3 is 3.00 bits per heavy atom. The van der Waals surface area contributed by atoms with E-state index < -0.39 is 0 Å². The van der Waals surface area contributed by atoms with Gasteiger partial charge in [0.25, 0.3) is 5.91 Å². The number of aromatic amines is 1. The minimum absolute atomic E-state index is 0.103. The maximum atomic E-state index is 12.3. The lowest BCUT2D eigenvalue weighted by Gasteiger charge is -2.09. The summed E-state index contributed by atoms with van der Waals surface area (Å²) in [6.45, 7) is 4.56. The van der Waals surface area contributed by atoms with Gasteiger partial charge in [-0.25, -0.2) is 0 Å². The van der Waals surface area contributed by atoms with Crippen LogP contribution in [0, 0.1) is 0 Å². The fraction of sp³-hybridized carbons (Fsp3) is 0.333. The number of hydrogen-bond acceptors (Lipinski definition) is 3. The molecule has 0 spiro atoms. The normalized spacial score (nSPS) is 20.3. The van der Waals surface area contributed by atoms with Crippen LogP contribution in [0.5, 0.6) is 5.75 Å². The lowest BCUT2D eigenvalue weighted by atomic mass is 9.97. The number of benzene rings is 1. The zero-order chi connectivity index (χ0) is 14.1. The molecule has 5 heteroatoms. The third-order valence-electron chi connectivity index (χ3n) is 3.79. The first-order valence-electron chi connectivity index (χ1n) is 6.73. The van der Waals surface area contributed by atoms with Crippen LogP contribution >= 0.6 is 0 Å². The van der Waals surface area contributed by atoms with Gasteiger partial charge in [0.05, 0.1) is 17.8 Å². The van der Waals surface area contributed by atoms with E-state index in [9.17, 15) is 4.79 Å². The third kappa shape index (κ3) is 2.15. The standard InChI is InChI=1S/C15H17N3O2/c1-9-10(2)20-14-12(9)4-3-5-13(14)15(19)16-8-11-6-7-17-18-11/h3-7,9-10H,8H2,1-2H3,(H,16,19)(H,17,18). The average molecular weight is 271 g/mol. The number of amides is 1. The summed E-state index contributed by atoms with van der Waals surface area (Å²) in [5.74, 6) is 0.901. The van der Waals surface area contributed by atoms with Gasteiger partial charge in [0.15, 0.2) is 0 Å². The van der Waals surface area contributed by atoms with E-state index in [1.807, 2.05) is 25.1 Å². The lowest BCUT2D eigenvalue weighted by molar-refractivity contribution is 0.0945. The van der Waals surface area contributed by atoms with Crippen LogP contribution < -0.4 is 10.1 Å². The highest BCUT2D eigenvalue weighted by molar-refractivity contribution is 5.97. The third-order valence-corrected chi connectivity index (χ3v) is 3.79. The van der Waals surface area contributed by atoms with Gasteiger partial charge in [-0.2, -0.15) is 5.10 Å². The molecule has 0 bridgehead atoms. The number of H-pyrrole nitrogens is 1. The second-order valence-corrected chi connectivity index (χ2v) is 5.10. The predicted octanol–water partition coefficient (Wildman–Crippen LogP) is 2.22. The number of nitrogens with one attached hydrogen (secondary N) is 2. The Labute approximate surface area is 117 Å². The molecule has 0 aliphatic carbocycles. The second kappa shape index (κ2) is 5.00. The maximum Gasteiger partial charge on any atom is 0.255 e. The fourth-order valence-electron chi connectivity index (χ4n) is 2.42. The van der Waals surface area contributed by atoms with E-state index in [1.54, 1.807) is 12.3 Å². The highest BCUT2D eigenvalue weighted by atomic mass is 16.5. The van der Waals surface area contributed by atoms with Crippen molar-refractivity contribution in [2.75, 3.05) is 0 Å². The van der Waals surface area contributed by atoms with E-state index >= 15 is 0 Å². The number of carbonyl (C=O) groups excluding carboxylic acids is 1. The molecular formula is C15H17N3O2. The van der Waals surface area contributed by atoms with Gasteiger partial charge >= 0.3 is 0 Å². The van der Waals surface area contributed by atoms with Crippen LogP contribution in [0.25, 0.3) is 0 Å². The van der Waals surface area contributed by atoms with Crippen LogP contribution in [0.15, 0.2) is 30.5 Å². The Kier molecular flexibility index (Phi) is 3.18. The molecule has 1 aromatic heterocycles. The van der Waals surface area contributed by atoms with Gasteiger partial charge in [-0.1, -0.05) is 19.1 Å². The number of nitrogens with zero attached hydrogens (tertiary/aromatic N) is 1. The highest BCUT2D eigenvalue weighted by Crippen LogP contribution is 2.40. The van der Waals surface area contributed by atoms with Crippen molar-refractivity contribution >= 4 is 5.91 Å². The van der Waals surface area contributed by atoms with Gasteiger partial charge in [0.2, 0.25) is 0 Å². The minimum Gasteiger partial charge on any atom is -0.489 e. The molecule has 2 atom stereocenters. The molecule has 0 saturated heterocycles. The molecule has 2 heterocycles. The molecule has 5 nitrogen and oxygen atoms in total. The summed E-state index contributed by atoms with van der Waals surface area (Å²) in [5.41, 5.74) is 2.57. The first kappa shape index (κ1) is 12.7. The Morgan fingerprint density at radius 1 is 1.40 bits per heavy atom. The van der Waals surface area contributed by atoms with Crippen molar-refractivity contribution < 1.29 is 9.53 Å². The first-order valence-corrected chi connectivity index (χ1v) is 6.73. The van der Waals surface area contributed by atoms with Crippen molar-refractivity contribution in [3.05, 3.63) is 47.3 Å². The van der Waals surface area contributed by atoms with E-state index in [2.05, 4.69) is 22.4 Å². The molecule has 3 rings (SSSR count). The molecule has 0 saturated carbocycles. The highest BCUT2D eigenvalue weighted by Gasteiger charge is 2.30. The van der Waals surface area contributed by atoms with Crippen molar-refractivity contribution in [3.63, 3.8) is 0 Å². The second-order valence-electron chi connectivity index (χ2n) is 5.10. The monoisotopic (exact) mass is 271 g/mol. The minimum atomic E-state index is -0.127. The molecule has 2 N–H and O–H groups in total.